The predicted molar refractivity (Wildman–Crippen MR) is 134 cm³/mol. The van der Waals surface area contributed by atoms with Gasteiger partial charge in [0.25, 0.3) is 0 Å². The molecule has 0 heterocycles. The zero-order chi connectivity index (χ0) is 26.8. The van der Waals surface area contributed by atoms with E-state index in [0.29, 0.717) is 11.1 Å². The number of nitrogens with zero attached hydrogens (tertiary/aromatic N) is 1. The van der Waals surface area contributed by atoms with Gasteiger partial charge in [0.2, 0.25) is 17.7 Å². The molecule has 9 nitrogen and oxygen atoms in total. The number of nitrogens with one attached hydrogen (secondary N) is 2. The monoisotopic (exact) mass is 484 g/mol. The second-order valence-corrected chi connectivity index (χ2v) is 9.28. The van der Waals surface area contributed by atoms with Gasteiger partial charge in [-0.3, -0.25) is 14.4 Å². The Labute approximate surface area is 207 Å². The molecule has 0 bridgehead atoms. The van der Waals surface area contributed by atoms with Gasteiger partial charge in [-0.2, -0.15) is 0 Å². The highest BCUT2D eigenvalue weighted by Gasteiger charge is 2.36. The second kappa shape index (κ2) is 13.2. The molecule has 1 rings (SSSR count). The van der Waals surface area contributed by atoms with Gasteiger partial charge in [-0.1, -0.05) is 30.2 Å². The lowest BCUT2D eigenvalue weighted by atomic mass is 9.97. The molecule has 0 aliphatic carbocycles. The van der Waals surface area contributed by atoms with Gasteiger partial charge in [-0.15, -0.1) is 13.0 Å². The van der Waals surface area contributed by atoms with Gasteiger partial charge in [-0.05, 0) is 52.7 Å². The number of benzene rings is 1. The van der Waals surface area contributed by atoms with Crippen molar-refractivity contribution in [3.63, 3.8) is 0 Å². The number of amides is 4. The largest absolute Gasteiger partial charge is 0.444 e. The van der Waals surface area contributed by atoms with Crippen LogP contribution in [-0.2, 0) is 19.1 Å². The van der Waals surface area contributed by atoms with Crippen molar-refractivity contribution >= 4 is 23.8 Å². The SMILES string of the molecule is C#Cc1ccccc1C(C(=O)NC(C)C)N(CC=C)C(=O)C(CCC(N)=O)NC(=O)OC(C)(C)C. The van der Waals surface area contributed by atoms with Crippen molar-refractivity contribution in [2.45, 2.75) is 71.2 Å². The molecule has 0 aliphatic rings. The molecule has 2 unspecified atom stereocenters. The molecule has 2 atom stereocenters. The number of hydrogen-bond acceptors (Lipinski definition) is 5. The van der Waals surface area contributed by atoms with Crippen molar-refractivity contribution in [3.8, 4) is 12.3 Å². The molecule has 0 radical (unpaired) electrons. The first-order valence-corrected chi connectivity index (χ1v) is 11.4. The van der Waals surface area contributed by atoms with Gasteiger partial charge in [0.05, 0.1) is 0 Å². The fourth-order valence-electron chi connectivity index (χ4n) is 3.34. The van der Waals surface area contributed by atoms with E-state index in [1.54, 1.807) is 58.9 Å². The minimum Gasteiger partial charge on any atom is -0.444 e. The Hall–Kier alpha value is -3.80. The molecule has 0 saturated heterocycles. The third-order valence-electron chi connectivity index (χ3n) is 4.68. The van der Waals surface area contributed by atoms with E-state index in [1.165, 1.54) is 11.0 Å². The molecule has 4 amide bonds. The third-order valence-corrected chi connectivity index (χ3v) is 4.68. The van der Waals surface area contributed by atoms with Crippen LogP contribution in [0.15, 0.2) is 36.9 Å². The highest BCUT2D eigenvalue weighted by molar-refractivity contribution is 5.93. The number of nitrogens with two attached hydrogens (primary N) is 1. The molecular formula is C26H36N4O5. The Morgan fingerprint density at radius 3 is 2.34 bits per heavy atom. The van der Waals surface area contributed by atoms with Crippen molar-refractivity contribution < 1.29 is 23.9 Å². The lowest BCUT2D eigenvalue weighted by Gasteiger charge is -2.34. The molecule has 9 heteroatoms. The molecular weight excluding hydrogens is 448 g/mol. The summed E-state index contributed by atoms with van der Waals surface area (Å²) < 4.78 is 5.28. The molecule has 1 aromatic carbocycles. The summed E-state index contributed by atoms with van der Waals surface area (Å²) in [6, 6.07) is 4.26. The van der Waals surface area contributed by atoms with E-state index in [2.05, 4.69) is 23.1 Å². The quantitative estimate of drug-likeness (QED) is 0.328. The van der Waals surface area contributed by atoms with Crippen LogP contribution in [0.4, 0.5) is 4.79 Å². The second-order valence-electron chi connectivity index (χ2n) is 9.28. The van der Waals surface area contributed by atoms with Gasteiger partial charge in [0.1, 0.15) is 17.7 Å². The summed E-state index contributed by atoms with van der Waals surface area (Å²) >= 11 is 0. The minimum absolute atomic E-state index is 0.0308. The maximum absolute atomic E-state index is 13.8. The first kappa shape index (κ1) is 29.2. The minimum atomic E-state index is -1.19. The molecule has 0 fully saturated rings. The van der Waals surface area contributed by atoms with E-state index < -0.39 is 41.5 Å². The molecule has 0 aromatic heterocycles. The van der Waals surface area contributed by atoms with E-state index >= 15 is 0 Å². The van der Waals surface area contributed by atoms with Crippen LogP contribution in [0.3, 0.4) is 0 Å². The first-order valence-electron chi connectivity index (χ1n) is 11.4. The summed E-state index contributed by atoms with van der Waals surface area (Å²) in [5, 5.41) is 5.34. The Bertz CT molecular complexity index is 975. The van der Waals surface area contributed by atoms with Gasteiger partial charge in [0, 0.05) is 24.6 Å². The van der Waals surface area contributed by atoms with Gasteiger partial charge in [-0.25, -0.2) is 4.79 Å². The van der Waals surface area contributed by atoms with Crippen LogP contribution >= 0.6 is 0 Å². The zero-order valence-corrected chi connectivity index (χ0v) is 21.1. The molecule has 0 spiro atoms. The number of primary amides is 1. The maximum Gasteiger partial charge on any atom is 0.408 e. The van der Waals surface area contributed by atoms with Crippen molar-refractivity contribution in [1.82, 2.24) is 15.5 Å². The Morgan fingerprint density at radius 2 is 1.83 bits per heavy atom. The third kappa shape index (κ3) is 9.53. The van der Waals surface area contributed by atoms with Crippen LogP contribution < -0.4 is 16.4 Å². The predicted octanol–water partition coefficient (Wildman–Crippen LogP) is 2.41. The van der Waals surface area contributed by atoms with Crippen LogP contribution in [0.2, 0.25) is 0 Å². The molecule has 4 N–H and O–H groups in total. The van der Waals surface area contributed by atoms with Crippen LogP contribution in [0.25, 0.3) is 0 Å². The van der Waals surface area contributed by atoms with Gasteiger partial charge >= 0.3 is 6.09 Å². The molecule has 1 aromatic rings. The molecule has 35 heavy (non-hydrogen) atoms. The number of carbonyl (C=O) groups excluding carboxylic acids is 4. The Kier molecular flexibility index (Phi) is 11.0. The fraction of sp³-hybridized carbons (Fsp3) is 0.462. The van der Waals surface area contributed by atoms with E-state index in [0.717, 1.165) is 0 Å². The zero-order valence-electron chi connectivity index (χ0n) is 21.1. The van der Waals surface area contributed by atoms with Crippen molar-refractivity contribution in [1.29, 1.82) is 0 Å². The normalized spacial score (nSPS) is 12.6. The van der Waals surface area contributed by atoms with E-state index in [-0.39, 0.29) is 25.4 Å². The smallest absolute Gasteiger partial charge is 0.408 e. The van der Waals surface area contributed by atoms with Crippen molar-refractivity contribution in [3.05, 3.63) is 48.0 Å². The van der Waals surface area contributed by atoms with Crippen LogP contribution in [0.1, 0.15) is 64.6 Å². The fourth-order valence-corrected chi connectivity index (χ4v) is 3.34. The van der Waals surface area contributed by atoms with E-state index in [1.807, 2.05) is 0 Å². The standard InChI is InChI=1S/C26H36N4O5/c1-8-16-30(22(23(32)28-17(3)4)19-13-11-10-12-18(19)9-2)24(33)20(14-15-21(27)31)29-25(34)35-26(5,6)7/h2,8,10-13,17,20,22H,1,14-16H2,3-7H3,(H2,27,31)(H,28,32)(H,29,34). The number of ether oxygens (including phenoxy) is 1. The Balaban J connectivity index is 3.52. The highest BCUT2D eigenvalue weighted by Crippen LogP contribution is 2.26. The lowest BCUT2D eigenvalue weighted by molar-refractivity contribution is -0.142. The molecule has 190 valence electrons. The summed E-state index contributed by atoms with van der Waals surface area (Å²) in [4.78, 5) is 52.3. The average Bonchev–Trinajstić information content (AvgIpc) is 2.74. The van der Waals surface area contributed by atoms with E-state index in [4.69, 9.17) is 16.9 Å². The summed E-state index contributed by atoms with van der Waals surface area (Å²) in [5.74, 6) is 0.837. The first-order chi connectivity index (χ1) is 16.3. The van der Waals surface area contributed by atoms with Gasteiger partial charge < -0.3 is 26.0 Å². The topological polar surface area (TPSA) is 131 Å². The van der Waals surface area contributed by atoms with E-state index in [9.17, 15) is 19.2 Å². The van der Waals surface area contributed by atoms with Crippen molar-refractivity contribution in [2.75, 3.05) is 6.54 Å². The van der Waals surface area contributed by atoms with Gasteiger partial charge in [0.15, 0.2) is 0 Å². The van der Waals surface area contributed by atoms with Crippen LogP contribution in [-0.4, -0.2) is 52.9 Å². The maximum atomic E-state index is 13.8. The highest BCUT2D eigenvalue weighted by atomic mass is 16.6. The molecule has 0 saturated carbocycles. The number of carbonyl (C=O) groups is 4. The average molecular weight is 485 g/mol. The summed E-state index contributed by atoms with van der Waals surface area (Å²) in [6.45, 7) is 12.3. The number of alkyl carbamates (subject to hydrolysis) is 1. The van der Waals surface area contributed by atoms with Crippen LogP contribution in [0.5, 0.6) is 0 Å². The Morgan fingerprint density at radius 1 is 1.20 bits per heavy atom. The summed E-state index contributed by atoms with van der Waals surface area (Å²) in [6.07, 6.45) is 6.04. The number of terminal acetylenes is 1. The molecule has 0 aliphatic heterocycles. The lowest BCUT2D eigenvalue weighted by Crippen LogP contribution is -2.53. The summed E-state index contributed by atoms with van der Waals surface area (Å²) in [5.41, 5.74) is 5.35. The van der Waals surface area contributed by atoms with Crippen LogP contribution in [0, 0.1) is 12.3 Å². The summed E-state index contributed by atoms with van der Waals surface area (Å²) in [7, 11) is 0. The van der Waals surface area contributed by atoms with Crippen molar-refractivity contribution in [2.24, 2.45) is 5.73 Å². The number of rotatable bonds is 11. The number of hydrogen-bond donors (Lipinski definition) is 3.